The molecule has 0 aromatic carbocycles. The number of nitrogens with zero attached hydrogens (tertiary/aromatic N) is 1. The molecule has 0 aromatic heterocycles. The fourth-order valence-corrected chi connectivity index (χ4v) is 6.06. The first-order valence-electron chi connectivity index (χ1n) is 22.8. The van der Waals surface area contributed by atoms with Gasteiger partial charge in [0, 0.05) is 12.8 Å². The quantitative estimate of drug-likeness (QED) is 0.0214. The summed E-state index contributed by atoms with van der Waals surface area (Å²) in [4.78, 5) is 36.9. The van der Waals surface area contributed by atoms with Crippen molar-refractivity contribution in [2.75, 3.05) is 47.5 Å². The van der Waals surface area contributed by atoms with E-state index in [0.29, 0.717) is 17.4 Å². The number of aliphatic carboxylic acids is 1. The molecular weight excluding hydrogens is 719 g/mol. The van der Waals surface area contributed by atoms with E-state index in [1.807, 2.05) is 21.1 Å². The topological polar surface area (TPSA) is 108 Å². The highest BCUT2D eigenvalue weighted by molar-refractivity contribution is 5.71. The van der Waals surface area contributed by atoms with E-state index in [2.05, 4.69) is 62.5 Å². The van der Waals surface area contributed by atoms with Gasteiger partial charge in [-0.2, -0.15) is 0 Å². The molecule has 0 bridgehead atoms. The molecule has 0 aromatic rings. The van der Waals surface area contributed by atoms with Crippen LogP contribution < -0.4 is 0 Å². The van der Waals surface area contributed by atoms with Crippen LogP contribution in [0.4, 0.5) is 0 Å². The molecule has 0 fully saturated rings. The molecule has 0 saturated carbocycles. The number of hydrogen-bond acceptors (Lipinski definition) is 7. The summed E-state index contributed by atoms with van der Waals surface area (Å²) in [6.45, 7) is 4.70. The minimum absolute atomic E-state index is 0.182. The van der Waals surface area contributed by atoms with Crippen molar-refractivity contribution in [3.05, 3.63) is 48.6 Å². The smallest absolute Gasteiger partial charge is 0.361 e. The number of hydrogen-bond donors (Lipinski definition) is 1. The lowest BCUT2D eigenvalue weighted by Crippen LogP contribution is -2.40. The molecule has 2 unspecified atom stereocenters. The number of carbonyl (C=O) groups excluding carboxylic acids is 2. The van der Waals surface area contributed by atoms with Crippen LogP contribution >= 0.6 is 0 Å². The Bertz CT molecular complexity index is 1080. The lowest BCUT2D eigenvalue weighted by Gasteiger charge is -2.25. The van der Waals surface area contributed by atoms with Gasteiger partial charge in [-0.3, -0.25) is 9.59 Å². The summed E-state index contributed by atoms with van der Waals surface area (Å²) in [5.41, 5.74) is 0. The molecule has 0 aliphatic rings. The highest BCUT2D eigenvalue weighted by Gasteiger charge is 2.25. The summed E-state index contributed by atoms with van der Waals surface area (Å²) in [5.74, 6) is -2.02. The van der Waals surface area contributed by atoms with Crippen LogP contribution in [0.1, 0.15) is 181 Å². The number of ether oxygens (including phenoxy) is 4. The van der Waals surface area contributed by atoms with Crippen LogP contribution in [0.5, 0.6) is 0 Å². The second-order valence-electron chi connectivity index (χ2n) is 16.3. The third kappa shape index (κ3) is 41.2. The molecule has 9 heteroatoms. The fourth-order valence-electron chi connectivity index (χ4n) is 6.06. The Hall–Kier alpha value is -2.75. The van der Waals surface area contributed by atoms with Gasteiger partial charge in [-0.25, -0.2) is 4.79 Å². The third-order valence-electron chi connectivity index (χ3n) is 9.60. The zero-order chi connectivity index (χ0) is 42.1. The lowest BCUT2D eigenvalue weighted by molar-refractivity contribution is -0.870. The molecule has 0 aliphatic carbocycles. The van der Waals surface area contributed by atoms with Crippen molar-refractivity contribution < 1.29 is 42.9 Å². The third-order valence-corrected chi connectivity index (χ3v) is 9.60. The average Bonchev–Trinajstić information content (AvgIpc) is 3.17. The van der Waals surface area contributed by atoms with Gasteiger partial charge in [0.05, 0.1) is 34.4 Å². The largest absolute Gasteiger partial charge is 0.477 e. The monoisotopic (exact) mass is 805 g/mol. The molecule has 0 radical (unpaired) electrons. The molecule has 0 rings (SSSR count). The zero-order valence-corrected chi connectivity index (χ0v) is 37.2. The molecule has 330 valence electrons. The van der Waals surface area contributed by atoms with Gasteiger partial charge in [-0.15, -0.1) is 0 Å². The van der Waals surface area contributed by atoms with Crippen molar-refractivity contribution in [3.8, 4) is 0 Å². The maximum absolute atomic E-state index is 12.7. The predicted molar refractivity (Wildman–Crippen MR) is 235 cm³/mol. The van der Waals surface area contributed by atoms with E-state index >= 15 is 0 Å². The van der Waals surface area contributed by atoms with Crippen LogP contribution in [0.15, 0.2) is 48.6 Å². The van der Waals surface area contributed by atoms with E-state index in [1.54, 1.807) is 0 Å². The number of unbranched alkanes of at least 4 members (excludes halogenated alkanes) is 18. The first-order chi connectivity index (χ1) is 27.6. The van der Waals surface area contributed by atoms with Crippen LogP contribution in [0.2, 0.25) is 0 Å². The molecule has 9 nitrogen and oxygen atoms in total. The minimum Gasteiger partial charge on any atom is -0.477 e. The Balaban J connectivity index is 4.20. The van der Waals surface area contributed by atoms with Crippen molar-refractivity contribution in [1.29, 1.82) is 0 Å². The first kappa shape index (κ1) is 54.2. The summed E-state index contributed by atoms with van der Waals surface area (Å²) < 4.78 is 22.6. The fraction of sp³-hybridized carbons (Fsp3) is 0.771. The molecular formula is C48H86NO8+. The van der Waals surface area contributed by atoms with Gasteiger partial charge < -0.3 is 28.5 Å². The van der Waals surface area contributed by atoms with Gasteiger partial charge in [-0.1, -0.05) is 165 Å². The van der Waals surface area contributed by atoms with Crippen LogP contribution in [-0.2, 0) is 33.3 Å². The van der Waals surface area contributed by atoms with Gasteiger partial charge in [0.2, 0.25) is 0 Å². The number of quaternary nitrogens is 1. The maximum atomic E-state index is 12.7. The number of carboxylic acids is 1. The van der Waals surface area contributed by atoms with E-state index < -0.39 is 24.3 Å². The van der Waals surface area contributed by atoms with E-state index in [1.165, 1.54) is 89.9 Å². The van der Waals surface area contributed by atoms with Crippen molar-refractivity contribution in [1.82, 2.24) is 0 Å². The van der Waals surface area contributed by atoms with E-state index in [4.69, 9.17) is 18.9 Å². The van der Waals surface area contributed by atoms with Gasteiger partial charge in [-0.05, 0) is 51.4 Å². The maximum Gasteiger partial charge on any atom is 0.361 e. The number of carboxylic acid groups (broad SMARTS) is 1. The highest BCUT2D eigenvalue weighted by atomic mass is 16.7. The number of allylic oxidation sites excluding steroid dienone is 8. The van der Waals surface area contributed by atoms with Crippen LogP contribution in [0, 0.1) is 0 Å². The van der Waals surface area contributed by atoms with Gasteiger partial charge >= 0.3 is 17.9 Å². The molecule has 0 amide bonds. The molecule has 0 spiro atoms. The summed E-state index contributed by atoms with van der Waals surface area (Å²) in [7, 11) is 5.95. The van der Waals surface area contributed by atoms with Crippen molar-refractivity contribution >= 4 is 17.9 Å². The molecule has 0 saturated heterocycles. The standard InChI is InChI=1S/C48H85NO8/c1-6-8-10-12-14-15-16-17-18-19-20-21-22-23-24-25-26-27-28-29-30-31-33-35-37-39-46(51)57-44(42-55-45(50)38-36-34-32-13-11-9-7-2)43-56-48(47(52)53)54-41-40-49(3,4)5/h8,10,14-15,17-18,20-21,44,48H,6-7,9,11-13,16,19,22-43H2,1-5H3/p+1/b10-8-,15-14-,18-17-,21-20-. The highest BCUT2D eigenvalue weighted by Crippen LogP contribution is 2.15. The number of likely N-dealkylation sites (N-methyl/N-ethyl adjacent to an activating group) is 1. The number of rotatable bonds is 41. The van der Waals surface area contributed by atoms with E-state index in [9.17, 15) is 19.5 Å². The Morgan fingerprint density at radius 1 is 0.544 bits per heavy atom. The molecule has 0 heterocycles. The summed E-state index contributed by atoms with van der Waals surface area (Å²) >= 11 is 0. The lowest BCUT2D eigenvalue weighted by atomic mass is 10.0. The normalized spacial score (nSPS) is 13.4. The van der Waals surface area contributed by atoms with Crippen LogP contribution in [-0.4, -0.2) is 87.4 Å². The average molecular weight is 805 g/mol. The van der Waals surface area contributed by atoms with Crippen molar-refractivity contribution in [3.63, 3.8) is 0 Å². The van der Waals surface area contributed by atoms with Gasteiger partial charge in [0.15, 0.2) is 6.10 Å². The van der Waals surface area contributed by atoms with E-state index in [-0.39, 0.29) is 32.2 Å². The van der Waals surface area contributed by atoms with Crippen LogP contribution in [0.3, 0.4) is 0 Å². The Labute approximate surface area is 349 Å². The molecule has 1 N–H and O–H groups in total. The Kier molecular flexibility index (Phi) is 38.1. The Morgan fingerprint density at radius 3 is 1.49 bits per heavy atom. The van der Waals surface area contributed by atoms with Gasteiger partial charge in [0.25, 0.3) is 6.29 Å². The first-order valence-corrected chi connectivity index (χ1v) is 22.8. The SMILES string of the molecule is CC/C=C\C/C=C\C/C=C\C/C=C\CCCCCCCCCCCCCCC(=O)OC(COC(=O)CCCCCCCCC)COC(OCC[N+](C)(C)C)C(=O)O. The van der Waals surface area contributed by atoms with Crippen molar-refractivity contribution in [2.24, 2.45) is 0 Å². The minimum atomic E-state index is -1.51. The van der Waals surface area contributed by atoms with Gasteiger partial charge in [0.1, 0.15) is 13.2 Å². The summed E-state index contributed by atoms with van der Waals surface area (Å²) in [6.07, 6.45) is 43.4. The second-order valence-corrected chi connectivity index (χ2v) is 16.3. The zero-order valence-electron chi connectivity index (χ0n) is 37.2. The molecule has 2 atom stereocenters. The Morgan fingerprint density at radius 2 is 1.00 bits per heavy atom. The van der Waals surface area contributed by atoms with E-state index in [0.717, 1.165) is 64.2 Å². The van der Waals surface area contributed by atoms with Crippen molar-refractivity contribution in [2.45, 2.75) is 193 Å². The number of carbonyl (C=O) groups is 3. The number of esters is 2. The predicted octanol–water partition coefficient (Wildman–Crippen LogP) is 12.0. The van der Waals surface area contributed by atoms with Crippen LogP contribution in [0.25, 0.3) is 0 Å². The molecule has 57 heavy (non-hydrogen) atoms. The molecule has 0 aliphatic heterocycles. The summed E-state index contributed by atoms with van der Waals surface area (Å²) in [5, 5.41) is 9.60. The summed E-state index contributed by atoms with van der Waals surface area (Å²) in [6, 6.07) is 0. The second kappa shape index (κ2) is 40.0.